The molecule has 4 aromatic rings. The van der Waals surface area contributed by atoms with Crippen molar-refractivity contribution in [3.63, 3.8) is 0 Å². The Hall–Kier alpha value is -2.93. The SMILES string of the molecule is Cc1nc(-c2cn3cc(Cl)ccc3n2)c(C)c(-c2ccc(Cl)cc2CC(C)(C)[O-])c1CC(=O)O. The second kappa shape index (κ2) is 9.02. The fraction of sp³-hybridized carbons (Fsp3) is 0.269. The number of imidazole rings is 1. The summed E-state index contributed by atoms with van der Waals surface area (Å²) in [5.41, 5.74) is 5.04. The summed E-state index contributed by atoms with van der Waals surface area (Å²) < 4.78 is 1.83. The summed E-state index contributed by atoms with van der Waals surface area (Å²) in [5, 5.41) is 23.4. The Kier molecular flexibility index (Phi) is 6.42. The Morgan fingerprint density at radius 1 is 1.09 bits per heavy atom. The highest BCUT2D eigenvalue weighted by atomic mass is 35.5. The summed E-state index contributed by atoms with van der Waals surface area (Å²) in [5.74, 6) is -0.958. The van der Waals surface area contributed by atoms with Crippen LogP contribution >= 0.6 is 23.2 Å². The molecule has 176 valence electrons. The first-order chi connectivity index (χ1) is 15.9. The summed E-state index contributed by atoms with van der Waals surface area (Å²) in [6.45, 7) is 6.94. The monoisotopic (exact) mass is 496 g/mol. The number of nitrogens with zero attached hydrogens (tertiary/aromatic N) is 3. The van der Waals surface area contributed by atoms with Gasteiger partial charge in [0.05, 0.1) is 17.1 Å². The average molecular weight is 497 g/mol. The second-order valence-corrected chi connectivity index (χ2v) is 9.94. The molecule has 0 atom stereocenters. The molecule has 6 nitrogen and oxygen atoms in total. The lowest BCUT2D eigenvalue weighted by Crippen LogP contribution is -2.39. The minimum atomic E-state index is -1.23. The van der Waals surface area contributed by atoms with Crippen molar-refractivity contribution >= 4 is 34.8 Å². The summed E-state index contributed by atoms with van der Waals surface area (Å²) in [7, 11) is 0. The molecule has 1 N–H and O–H groups in total. The molecule has 0 saturated carbocycles. The van der Waals surface area contributed by atoms with Crippen molar-refractivity contribution in [1.29, 1.82) is 0 Å². The predicted octanol–water partition coefficient (Wildman–Crippen LogP) is 5.30. The topological polar surface area (TPSA) is 90.5 Å². The van der Waals surface area contributed by atoms with E-state index in [1.807, 2.05) is 29.7 Å². The number of hydrogen-bond acceptors (Lipinski definition) is 4. The molecule has 0 saturated heterocycles. The molecule has 0 aliphatic heterocycles. The molecule has 0 radical (unpaired) electrons. The van der Waals surface area contributed by atoms with E-state index in [0.717, 1.165) is 27.9 Å². The molecular weight excluding hydrogens is 473 g/mol. The number of pyridine rings is 2. The zero-order valence-corrected chi connectivity index (χ0v) is 20.8. The maximum absolute atomic E-state index is 12.6. The molecule has 0 bridgehead atoms. The largest absolute Gasteiger partial charge is 0.850 e. The number of carboxylic acid groups (broad SMARTS) is 1. The van der Waals surface area contributed by atoms with Crippen LogP contribution < -0.4 is 5.11 Å². The highest BCUT2D eigenvalue weighted by Gasteiger charge is 2.23. The van der Waals surface area contributed by atoms with Gasteiger partial charge in [0.2, 0.25) is 0 Å². The van der Waals surface area contributed by atoms with Crippen molar-refractivity contribution < 1.29 is 15.0 Å². The van der Waals surface area contributed by atoms with E-state index in [1.54, 1.807) is 45.2 Å². The molecule has 0 spiro atoms. The van der Waals surface area contributed by atoms with E-state index < -0.39 is 11.6 Å². The highest BCUT2D eigenvalue weighted by molar-refractivity contribution is 6.31. The number of aliphatic carboxylic acids is 1. The first-order valence-corrected chi connectivity index (χ1v) is 11.5. The van der Waals surface area contributed by atoms with Crippen LogP contribution in [0, 0.1) is 13.8 Å². The first-order valence-electron chi connectivity index (χ1n) is 10.8. The number of carbonyl (C=O) groups is 1. The number of carboxylic acids is 1. The lowest BCUT2D eigenvalue weighted by molar-refractivity contribution is -0.465. The van der Waals surface area contributed by atoms with E-state index >= 15 is 0 Å². The summed E-state index contributed by atoms with van der Waals surface area (Å²) in [6, 6.07) is 8.98. The van der Waals surface area contributed by atoms with E-state index in [1.165, 1.54) is 0 Å². The van der Waals surface area contributed by atoms with Crippen LogP contribution in [0.5, 0.6) is 0 Å². The molecule has 0 fully saturated rings. The van der Waals surface area contributed by atoms with Crippen LogP contribution in [0.3, 0.4) is 0 Å². The van der Waals surface area contributed by atoms with Crippen molar-refractivity contribution in [2.45, 2.75) is 46.1 Å². The van der Waals surface area contributed by atoms with Gasteiger partial charge in [0.25, 0.3) is 0 Å². The van der Waals surface area contributed by atoms with Gasteiger partial charge in [-0.05, 0) is 72.4 Å². The van der Waals surface area contributed by atoms with Crippen LogP contribution in [0.15, 0.2) is 42.7 Å². The van der Waals surface area contributed by atoms with Gasteiger partial charge in [0.15, 0.2) is 0 Å². The van der Waals surface area contributed by atoms with Gasteiger partial charge in [-0.1, -0.05) is 43.1 Å². The molecule has 0 amide bonds. The van der Waals surface area contributed by atoms with Gasteiger partial charge < -0.3 is 14.6 Å². The number of aromatic nitrogens is 3. The average Bonchev–Trinajstić information content (AvgIpc) is 3.13. The predicted molar refractivity (Wildman–Crippen MR) is 132 cm³/mol. The van der Waals surface area contributed by atoms with Crippen molar-refractivity contribution in [1.82, 2.24) is 14.4 Å². The van der Waals surface area contributed by atoms with E-state index in [-0.39, 0.29) is 12.8 Å². The van der Waals surface area contributed by atoms with Crippen LogP contribution in [0.1, 0.15) is 36.2 Å². The van der Waals surface area contributed by atoms with E-state index in [2.05, 4.69) is 0 Å². The summed E-state index contributed by atoms with van der Waals surface area (Å²) in [6.07, 6.45) is 3.65. The van der Waals surface area contributed by atoms with Gasteiger partial charge in [0.1, 0.15) is 11.3 Å². The van der Waals surface area contributed by atoms with Gasteiger partial charge in [-0.25, -0.2) is 4.98 Å². The number of benzene rings is 1. The van der Waals surface area contributed by atoms with Crippen LogP contribution in [-0.4, -0.2) is 31.0 Å². The smallest absolute Gasteiger partial charge is 0.307 e. The molecule has 4 rings (SSSR count). The number of hydrogen-bond donors (Lipinski definition) is 1. The van der Waals surface area contributed by atoms with Gasteiger partial charge in [-0.3, -0.25) is 9.78 Å². The zero-order valence-electron chi connectivity index (χ0n) is 19.3. The molecule has 0 aliphatic rings. The van der Waals surface area contributed by atoms with E-state index in [0.29, 0.717) is 32.7 Å². The standard InChI is InChI=1S/C26H24Cl2N3O3/c1-14-24(19-7-5-17(27)9-16(19)11-26(3,4)34)20(10-23(32)33)15(2)29-25(14)21-13-31-12-18(28)6-8-22(31)30-21/h5-9,12-13H,10-11H2,1-4H3,(H,32,33)/q-1. The van der Waals surface area contributed by atoms with Crippen LogP contribution in [0.2, 0.25) is 10.0 Å². The van der Waals surface area contributed by atoms with Crippen molar-refractivity contribution in [3.8, 4) is 22.5 Å². The lowest BCUT2D eigenvalue weighted by Gasteiger charge is -2.33. The van der Waals surface area contributed by atoms with Gasteiger partial charge in [0, 0.05) is 23.1 Å². The number of fused-ring (bicyclic) bond motifs is 1. The van der Waals surface area contributed by atoms with Crippen molar-refractivity contribution in [2.75, 3.05) is 0 Å². The fourth-order valence-corrected chi connectivity index (χ4v) is 4.68. The Labute approximate surface area is 207 Å². The van der Waals surface area contributed by atoms with Crippen molar-refractivity contribution in [2.24, 2.45) is 0 Å². The van der Waals surface area contributed by atoms with Crippen LogP contribution in [0.25, 0.3) is 28.2 Å². The van der Waals surface area contributed by atoms with Gasteiger partial charge in [-0.15, -0.1) is 5.60 Å². The van der Waals surface area contributed by atoms with Crippen molar-refractivity contribution in [3.05, 3.63) is 75.2 Å². The van der Waals surface area contributed by atoms with Gasteiger partial charge in [-0.2, -0.15) is 0 Å². The lowest BCUT2D eigenvalue weighted by atomic mass is 9.85. The zero-order chi connectivity index (χ0) is 24.8. The number of aryl methyl sites for hydroxylation is 1. The maximum atomic E-state index is 12.6. The third-order valence-corrected chi connectivity index (χ3v) is 6.15. The minimum absolute atomic E-state index is 0.196. The Bertz CT molecular complexity index is 1420. The molecule has 0 aliphatic carbocycles. The molecular formula is C26H24Cl2N3O3-. The highest BCUT2D eigenvalue weighted by Crippen LogP contribution is 2.38. The molecule has 34 heavy (non-hydrogen) atoms. The quantitative estimate of drug-likeness (QED) is 0.391. The Morgan fingerprint density at radius 3 is 2.47 bits per heavy atom. The summed E-state index contributed by atoms with van der Waals surface area (Å²) in [4.78, 5) is 21.2. The van der Waals surface area contributed by atoms with Crippen LogP contribution in [0.4, 0.5) is 0 Å². The Morgan fingerprint density at radius 2 is 1.79 bits per heavy atom. The maximum Gasteiger partial charge on any atom is 0.307 e. The molecule has 3 aromatic heterocycles. The normalized spacial score (nSPS) is 11.9. The third kappa shape index (κ3) is 4.94. The van der Waals surface area contributed by atoms with E-state index in [4.69, 9.17) is 33.2 Å². The second-order valence-electron chi connectivity index (χ2n) is 9.07. The molecule has 3 heterocycles. The van der Waals surface area contributed by atoms with E-state index in [9.17, 15) is 15.0 Å². The molecule has 1 aromatic carbocycles. The Balaban J connectivity index is 2.01. The molecule has 8 heteroatoms. The van der Waals surface area contributed by atoms with Crippen LogP contribution in [-0.2, 0) is 17.6 Å². The van der Waals surface area contributed by atoms with Gasteiger partial charge >= 0.3 is 5.97 Å². The minimum Gasteiger partial charge on any atom is -0.850 e. The molecule has 0 unspecified atom stereocenters. The first kappa shape index (κ1) is 24.2. The third-order valence-electron chi connectivity index (χ3n) is 5.69. The fourth-order valence-electron chi connectivity index (χ4n) is 4.32. The summed E-state index contributed by atoms with van der Waals surface area (Å²) >= 11 is 12.4. The number of halogens is 2. The number of rotatable bonds is 6.